The number of amides is 1. The van der Waals surface area contributed by atoms with Gasteiger partial charge >= 0.3 is 0 Å². The number of nitrogens with zero attached hydrogens (tertiary/aromatic N) is 3. The van der Waals surface area contributed by atoms with E-state index in [1.165, 1.54) is 4.68 Å². The van der Waals surface area contributed by atoms with E-state index in [0.29, 0.717) is 43.3 Å². The molecule has 0 saturated carbocycles. The van der Waals surface area contributed by atoms with Crippen molar-refractivity contribution >= 4 is 17.3 Å². The van der Waals surface area contributed by atoms with Crippen LogP contribution in [-0.4, -0.2) is 56.7 Å². The number of methoxy groups -OCH3 is 3. The van der Waals surface area contributed by atoms with Crippen LogP contribution in [0.5, 0.6) is 11.5 Å². The summed E-state index contributed by atoms with van der Waals surface area (Å²) in [5, 5.41) is 7.18. The van der Waals surface area contributed by atoms with Crippen molar-refractivity contribution in [1.82, 2.24) is 9.78 Å². The molecule has 0 radical (unpaired) electrons. The lowest BCUT2D eigenvalue weighted by Gasteiger charge is -2.34. The summed E-state index contributed by atoms with van der Waals surface area (Å²) in [6.45, 7) is 2.41. The van der Waals surface area contributed by atoms with E-state index in [2.05, 4.69) is 15.3 Å². The Morgan fingerprint density at radius 3 is 2.55 bits per heavy atom. The van der Waals surface area contributed by atoms with Crippen molar-refractivity contribution in [3.8, 4) is 11.5 Å². The first-order valence-corrected chi connectivity index (χ1v) is 10.4. The van der Waals surface area contributed by atoms with Gasteiger partial charge in [-0.2, -0.15) is 5.10 Å². The molecule has 3 rings (SSSR count). The summed E-state index contributed by atoms with van der Waals surface area (Å²) < 4.78 is 16.9. The van der Waals surface area contributed by atoms with E-state index >= 15 is 0 Å². The third-order valence-electron chi connectivity index (χ3n) is 5.36. The summed E-state index contributed by atoms with van der Waals surface area (Å²) in [6, 6.07) is 6.88. The Kier molecular flexibility index (Phi) is 7.88. The molecule has 1 aromatic heterocycles. The second-order valence-corrected chi connectivity index (χ2v) is 7.58. The molecule has 1 aliphatic rings. The summed E-state index contributed by atoms with van der Waals surface area (Å²) in [5.41, 5.74) is 1.28. The van der Waals surface area contributed by atoms with E-state index in [9.17, 15) is 9.59 Å². The average molecular weight is 431 g/mol. The molecular weight excluding hydrogens is 400 g/mol. The number of carbonyl (C=O) groups excluding carboxylic acids is 1. The molecule has 2 heterocycles. The van der Waals surface area contributed by atoms with Gasteiger partial charge in [-0.15, -0.1) is 0 Å². The summed E-state index contributed by atoms with van der Waals surface area (Å²) >= 11 is 0. The van der Waals surface area contributed by atoms with Gasteiger partial charge in [0.25, 0.3) is 5.56 Å². The number of carbonyl (C=O) groups is 1. The molecule has 1 fully saturated rings. The van der Waals surface area contributed by atoms with Gasteiger partial charge in [-0.05, 0) is 18.8 Å². The molecule has 0 spiro atoms. The van der Waals surface area contributed by atoms with Gasteiger partial charge in [0.15, 0.2) is 0 Å². The van der Waals surface area contributed by atoms with Crippen molar-refractivity contribution < 1.29 is 19.0 Å². The van der Waals surface area contributed by atoms with Crippen molar-refractivity contribution in [3.63, 3.8) is 0 Å². The second-order valence-electron chi connectivity index (χ2n) is 7.58. The zero-order chi connectivity index (χ0) is 22.2. The fourth-order valence-electron chi connectivity index (χ4n) is 3.76. The molecule has 2 aromatic rings. The van der Waals surface area contributed by atoms with E-state index in [4.69, 9.17) is 14.2 Å². The van der Waals surface area contributed by atoms with Crippen molar-refractivity contribution in [3.05, 3.63) is 40.8 Å². The minimum absolute atomic E-state index is 0.0599. The number of aromatic nitrogens is 2. The van der Waals surface area contributed by atoms with E-state index in [1.807, 2.05) is 0 Å². The number of rotatable bonds is 9. The lowest BCUT2D eigenvalue weighted by atomic mass is 9.94. The van der Waals surface area contributed by atoms with Crippen LogP contribution in [0.15, 0.2) is 35.3 Å². The van der Waals surface area contributed by atoms with Crippen LogP contribution in [-0.2, 0) is 16.1 Å². The Bertz CT molecular complexity index is 923. The van der Waals surface area contributed by atoms with E-state index < -0.39 is 0 Å². The van der Waals surface area contributed by atoms with Crippen LogP contribution in [0.1, 0.15) is 19.3 Å². The van der Waals surface area contributed by atoms with Gasteiger partial charge in [0.2, 0.25) is 5.91 Å². The monoisotopic (exact) mass is 430 g/mol. The van der Waals surface area contributed by atoms with Crippen molar-refractivity contribution in [2.45, 2.75) is 25.8 Å². The van der Waals surface area contributed by atoms with E-state index in [-0.39, 0.29) is 17.4 Å². The molecule has 9 heteroatoms. The number of hydrogen-bond donors (Lipinski definition) is 1. The lowest BCUT2D eigenvalue weighted by molar-refractivity contribution is -0.117. The number of benzene rings is 1. The van der Waals surface area contributed by atoms with Gasteiger partial charge in [-0.1, -0.05) is 0 Å². The topological polar surface area (TPSA) is 94.9 Å². The highest BCUT2D eigenvalue weighted by Gasteiger charge is 2.23. The van der Waals surface area contributed by atoms with Crippen molar-refractivity contribution in [2.75, 3.05) is 51.2 Å². The Morgan fingerprint density at radius 2 is 1.90 bits per heavy atom. The van der Waals surface area contributed by atoms with Gasteiger partial charge in [0, 0.05) is 56.6 Å². The Balaban J connectivity index is 1.60. The first-order chi connectivity index (χ1) is 15.0. The number of piperidine rings is 1. The van der Waals surface area contributed by atoms with Crippen LogP contribution in [0.4, 0.5) is 11.4 Å². The number of nitrogens with one attached hydrogen (secondary N) is 1. The third-order valence-corrected chi connectivity index (χ3v) is 5.36. The Hall–Kier alpha value is -3.07. The molecular formula is C22H30N4O5. The van der Waals surface area contributed by atoms with Crippen molar-refractivity contribution in [1.29, 1.82) is 0 Å². The first-order valence-electron chi connectivity index (χ1n) is 10.4. The van der Waals surface area contributed by atoms with Gasteiger partial charge in [0.05, 0.1) is 39.3 Å². The fraction of sp³-hybridized carbons (Fsp3) is 0.500. The Morgan fingerprint density at radius 1 is 1.16 bits per heavy atom. The molecule has 31 heavy (non-hydrogen) atoms. The molecule has 9 nitrogen and oxygen atoms in total. The highest BCUT2D eigenvalue weighted by Crippen LogP contribution is 2.27. The van der Waals surface area contributed by atoms with Crippen LogP contribution in [0.25, 0.3) is 0 Å². The maximum absolute atomic E-state index is 12.6. The predicted octanol–water partition coefficient (Wildman–Crippen LogP) is 2.15. The first kappa shape index (κ1) is 22.6. The van der Waals surface area contributed by atoms with E-state index in [1.54, 1.807) is 51.8 Å². The maximum atomic E-state index is 12.6. The van der Waals surface area contributed by atoms with Crippen LogP contribution < -0.4 is 25.2 Å². The van der Waals surface area contributed by atoms with Gasteiger partial charge in [-0.3, -0.25) is 9.59 Å². The SMILES string of the molecule is COCCn1ncc(N2CCCC(CC(=O)Nc3cc(OC)cc(OC)c3)C2)cc1=O. The molecule has 1 amide bonds. The summed E-state index contributed by atoms with van der Waals surface area (Å²) in [4.78, 5) is 27.1. The van der Waals surface area contributed by atoms with Crippen LogP contribution in [0.2, 0.25) is 0 Å². The second kappa shape index (κ2) is 10.8. The maximum Gasteiger partial charge on any atom is 0.268 e. The zero-order valence-corrected chi connectivity index (χ0v) is 18.3. The number of ether oxygens (including phenoxy) is 3. The smallest absolute Gasteiger partial charge is 0.268 e. The molecule has 1 N–H and O–H groups in total. The molecule has 1 aliphatic heterocycles. The molecule has 1 unspecified atom stereocenters. The minimum atomic E-state index is -0.151. The average Bonchev–Trinajstić information content (AvgIpc) is 2.78. The largest absolute Gasteiger partial charge is 0.497 e. The van der Waals surface area contributed by atoms with Gasteiger partial charge in [0.1, 0.15) is 11.5 Å². The standard InChI is InChI=1S/C22H30N4O5/c1-29-8-7-26-22(28)12-18(14-23-26)25-6-4-5-16(15-25)9-21(27)24-17-10-19(30-2)13-20(11-17)31-3/h10-14,16H,4-9,15H2,1-3H3,(H,24,27). The van der Waals surface area contributed by atoms with Crippen LogP contribution >= 0.6 is 0 Å². The quantitative estimate of drug-likeness (QED) is 0.651. The molecule has 1 saturated heterocycles. The van der Waals surface area contributed by atoms with Crippen LogP contribution in [0.3, 0.4) is 0 Å². The van der Waals surface area contributed by atoms with Crippen LogP contribution in [0, 0.1) is 5.92 Å². The summed E-state index contributed by atoms with van der Waals surface area (Å²) in [5.74, 6) is 1.37. The minimum Gasteiger partial charge on any atom is -0.497 e. The number of anilines is 2. The molecule has 0 aliphatic carbocycles. The third kappa shape index (κ3) is 6.21. The zero-order valence-electron chi connectivity index (χ0n) is 18.3. The summed E-state index contributed by atoms with van der Waals surface area (Å²) in [7, 11) is 4.73. The highest BCUT2D eigenvalue weighted by molar-refractivity contribution is 5.91. The van der Waals surface area contributed by atoms with Crippen molar-refractivity contribution in [2.24, 2.45) is 5.92 Å². The number of hydrogen-bond acceptors (Lipinski definition) is 7. The molecule has 168 valence electrons. The van der Waals surface area contributed by atoms with Gasteiger partial charge < -0.3 is 24.4 Å². The predicted molar refractivity (Wildman–Crippen MR) is 118 cm³/mol. The van der Waals surface area contributed by atoms with Gasteiger partial charge in [-0.25, -0.2) is 4.68 Å². The lowest BCUT2D eigenvalue weighted by Crippen LogP contribution is -2.38. The highest BCUT2D eigenvalue weighted by atomic mass is 16.5. The normalized spacial score (nSPS) is 16.1. The Labute approximate surface area is 181 Å². The summed E-state index contributed by atoms with van der Waals surface area (Å²) in [6.07, 6.45) is 4.03. The fourth-order valence-corrected chi connectivity index (χ4v) is 3.76. The molecule has 1 atom stereocenters. The molecule has 0 bridgehead atoms. The molecule has 1 aromatic carbocycles. The van der Waals surface area contributed by atoms with E-state index in [0.717, 1.165) is 25.1 Å².